The van der Waals surface area contributed by atoms with Crippen molar-refractivity contribution in [3.8, 4) is 5.75 Å². The first-order valence-corrected chi connectivity index (χ1v) is 7.89. The van der Waals surface area contributed by atoms with Gasteiger partial charge in [-0.2, -0.15) is 18.3 Å². The first-order chi connectivity index (χ1) is 12.3. The first kappa shape index (κ1) is 18.4. The van der Waals surface area contributed by atoms with E-state index in [1.165, 1.54) is 13.1 Å². The fourth-order valence-corrected chi connectivity index (χ4v) is 2.51. The highest BCUT2D eigenvalue weighted by Gasteiger charge is 2.61. The highest BCUT2D eigenvalue weighted by Crippen LogP contribution is 2.38. The number of hydrogen-bond donors (Lipinski definition) is 0. The summed E-state index contributed by atoms with van der Waals surface area (Å²) in [6, 6.07) is 6.60. The zero-order chi connectivity index (χ0) is 18.8. The standard InChI is InChI=1S/C17H17F3N2O4/c1-12(23)14-8-21-22(10-14)9-13-3-2-4-15(7-13)24-11-16(17(18,19)20)25-5-6-26-16/h2-4,7-8,10H,5-6,9,11H2,1H3. The van der Waals surface area contributed by atoms with Crippen molar-refractivity contribution in [2.45, 2.75) is 25.4 Å². The molecule has 2 heterocycles. The van der Waals surface area contributed by atoms with E-state index in [9.17, 15) is 18.0 Å². The quantitative estimate of drug-likeness (QED) is 0.732. The molecule has 1 aromatic carbocycles. The van der Waals surface area contributed by atoms with Crippen LogP contribution in [0.5, 0.6) is 5.75 Å². The molecular weight excluding hydrogens is 353 g/mol. The minimum Gasteiger partial charge on any atom is -0.488 e. The van der Waals surface area contributed by atoms with Gasteiger partial charge in [-0.05, 0) is 24.6 Å². The van der Waals surface area contributed by atoms with Gasteiger partial charge in [-0.1, -0.05) is 12.1 Å². The van der Waals surface area contributed by atoms with E-state index in [0.29, 0.717) is 12.1 Å². The van der Waals surface area contributed by atoms with Gasteiger partial charge >= 0.3 is 12.0 Å². The smallest absolute Gasteiger partial charge is 0.447 e. The maximum atomic E-state index is 13.2. The lowest BCUT2D eigenvalue weighted by Crippen LogP contribution is -2.51. The van der Waals surface area contributed by atoms with E-state index in [2.05, 4.69) is 5.10 Å². The molecule has 0 spiro atoms. The molecule has 2 aromatic rings. The number of carbonyl (C=O) groups is 1. The summed E-state index contributed by atoms with van der Waals surface area (Å²) < 4.78 is 55.9. The predicted octanol–water partition coefficient (Wildman–Crippen LogP) is 2.82. The third kappa shape index (κ3) is 3.88. The van der Waals surface area contributed by atoms with Gasteiger partial charge in [0, 0.05) is 6.20 Å². The second kappa shape index (κ2) is 7.08. The molecule has 140 valence electrons. The number of halogens is 3. The summed E-state index contributed by atoms with van der Waals surface area (Å²) in [5.74, 6) is -2.58. The fourth-order valence-electron chi connectivity index (χ4n) is 2.51. The second-order valence-electron chi connectivity index (χ2n) is 5.87. The molecule has 26 heavy (non-hydrogen) atoms. The lowest BCUT2D eigenvalue weighted by Gasteiger charge is -2.29. The molecular formula is C17H17F3N2O4. The molecule has 6 nitrogen and oxygen atoms in total. The van der Waals surface area contributed by atoms with Gasteiger partial charge in [-0.3, -0.25) is 9.48 Å². The zero-order valence-electron chi connectivity index (χ0n) is 14.0. The summed E-state index contributed by atoms with van der Waals surface area (Å²) in [6.07, 6.45) is -1.63. The number of benzene rings is 1. The van der Waals surface area contributed by atoms with Crippen LogP contribution in [0, 0.1) is 0 Å². The Hall–Kier alpha value is -2.39. The number of aromatic nitrogens is 2. The van der Waals surface area contributed by atoms with Crippen LogP contribution < -0.4 is 4.74 Å². The third-order valence-electron chi connectivity index (χ3n) is 3.90. The van der Waals surface area contributed by atoms with Crippen LogP contribution in [0.1, 0.15) is 22.8 Å². The summed E-state index contributed by atoms with van der Waals surface area (Å²) in [7, 11) is 0. The lowest BCUT2D eigenvalue weighted by molar-refractivity contribution is -0.350. The van der Waals surface area contributed by atoms with Crippen LogP contribution in [-0.4, -0.2) is 47.3 Å². The molecule has 1 aliphatic rings. The Bertz CT molecular complexity index is 782. The minimum atomic E-state index is -4.70. The molecule has 0 saturated carbocycles. The summed E-state index contributed by atoms with van der Waals surface area (Å²) >= 11 is 0. The molecule has 0 unspecified atom stereocenters. The van der Waals surface area contributed by atoms with Crippen molar-refractivity contribution in [1.29, 1.82) is 0 Å². The van der Waals surface area contributed by atoms with Gasteiger partial charge in [0.2, 0.25) is 0 Å². The number of alkyl halides is 3. The van der Waals surface area contributed by atoms with Crippen molar-refractivity contribution < 1.29 is 32.2 Å². The minimum absolute atomic E-state index is 0.0950. The maximum absolute atomic E-state index is 13.2. The molecule has 0 N–H and O–H groups in total. The van der Waals surface area contributed by atoms with Crippen molar-refractivity contribution in [2.75, 3.05) is 19.8 Å². The Labute approximate surface area is 147 Å². The number of ether oxygens (including phenoxy) is 3. The normalized spacial score (nSPS) is 16.6. The van der Waals surface area contributed by atoms with Gasteiger partial charge in [0.25, 0.3) is 0 Å². The van der Waals surface area contributed by atoms with Gasteiger partial charge in [-0.15, -0.1) is 0 Å². The number of ketones is 1. The van der Waals surface area contributed by atoms with Gasteiger partial charge < -0.3 is 14.2 Å². The molecule has 0 aliphatic carbocycles. The lowest BCUT2D eigenvalue weighted by atomic mass is 10.2. The highest BCUT2D eigenvalue weighted by molar-refractivity contribution is 5.93. The van der Waals surface area contributed by atoms with Crippen molar-refractivity contribution >= 4 is 5.78 Å². The molecule has 1 saturated heterocycles. The van der Waals surface area contributed by atoms with Crippen LogP contribution >= 0.6 is 0 Å². The van der Waals surface area contributed by atoms with E-state index < -0.39 is 18.6 Å². The van der Waals surface area contributed by atoms with Crippen LogP contribution in [0.15, 0.2) is 36.7 Å². The van der Waals surface area contributed by atoms with Crippen molar-refractivity contribution in [3.63, 3.8) is 0 Å². The van der Waals surface area contributed by atoms with E-state index in [-0.39, 0.29) is 24.7 Å². The Morgan fingerprint density at radius 1 is 1.35 bits per heavy atom. The first-order valence-electron chi connectivity index (χ1n) is 7.89. The van der Waals surface area contributed by atoms with E-state index in [4.69, 9.17) is 14.2 Å². The molecule has 0 atom stereocenters. The summed E-state index contributed by atoms with van der Waals surface area (Å²) in [6.45, 7) is 0.721. The molecule has 1 aromatic heterocycles. The van der Waals surface area contributed by atoms with Crippen molar-refractivity contribution in [1.82, 2.24) is 9.78 Å². The maximum Gasteiger partial charge on any atom is 0.447 e. The third-order valence-corrected chi connectivity index (χ3v) is 3.90. The van der Waals surface area contributed by atoms with E-state index in [1.807, 2.05) is 0 Å². The average Bonchev–Trinajstić information content (AvgIpc) is 3.23. The monoisotopic (exact) mass is 370 g/mol. The Morgan fingerprint density at radius 3 is 2.69 bits per heavy atom. The van der Waals surface area contributed by atoms with Crippen LogP contribution in [-0.2, 0) is 16.0 Å². The van der Waals surface area contributed by atoms with E-state index >= 15 is 0 Å². The average molecular weight is 370 g/mol. The molecule has 0 bridgehead atoms. The zero-order valence-corrected chi connectivity index (χ0v) is 14.0. The van der Waals surface area contributed by atoms with Gasteiger partial charge in [0.05, 0.1) is 31.5 Å². The Balaban J connectivity index is 1.68. The number of rotatable bonds is 6. The topological polar surface area (TPSA) is 62.6 Å². The van der Waals surface area contributed by atoms with Crippen LogP contribution in [0.3, 0.4) is 0 Å². The van der Waals surface area contributed by atoms with Crippen molar-refractivity contribution in [2.24, 2.45) is 0 Å². The summed E-state index contributed by atoms with van der Waals surface area (Å²) in [4.78, 5) is 11.3. The molecule has 0 radical (unpaired) electrons. The SMILES string of the molecule is CC(=O)c1cnn(Cc2cccc(OCC3(C(F)(F)F)OCCO3)c2)c1. The molecule has 1 fully saturated rings. The van der Waals surface area contributed by atoms with E-state index in [0.717, 1.165) is 5.56 Å². The van der Waals surface area contributed by atoms with Crippen LogP contribution in [0.2, 0.25) is 0 Å². The van der Waals surface area contributed by atoms with E-state index in [1.54, 1.807) is 35.1 Å². The Kier molecular flexibility index (Phi) is 5.01. The largest absolute Gasteiger partial charge is 0.488 e. The molecule has 9 heteroatoms. The summed E-state index contributed by atoms with van der Waals surface area (Å²) in [5.41, 5.74) is 1.25. The van der Waals surface area contributed by atoms with Crippen molar-refractivity contribution in [3.05, 3.63) is 47.8 Å². The number of nitrogens with zero attached hydrogens (tertiary/aromatic N) is 2. The molecule has 1 aliphatic heterocycles. The number of Topliss-reactive ketones (excluding diaryl/α,β-unsaturated/α-hetero) is 1. The van der Waals surface area contributed by atoms with Gasteiger partial charge in [0.15, 0.2) is 12.4 Å². The summed E-state index contributed by atoms with van der Waals surface area (Å²) in [5, 5.41) is 4.08. The van der Waals surface area contributed by atoms with Crippen LogP contribution in [0.25, 0.3) is 0 Å². The number of carbonyl (C=O) groups excluding carboxylic acids is 1. The molecule has 3 rings (SSSR count). The Morgan fingerprint density at radius 2 is 2.08 bits per heavy atom. The second-order valence-corrected chi connectivity index (χ2v) is 5.87. The molecule has 0 amide bonds. The van der Waals surface area contributed by atoms with Crippen LogP contribution in [0.4, 0.5) is 13.2 Å². The van der Waals surface area contributed by atoms with Gasteiger partial charge in [0.1, 0.15) is 5.75 Å². The number of hydrogen-bond acceptors (Lipinski definition) is 5. The fraction of sp³-hybridized carbons (Fsp3) is 0.412. The predicted molar refractivity (Wildman–Crippen MR) is 84.0 cm³/mol. The van der Waals surface area contributed by atoms with Gasteiger partial charge in [-0.25, -0.2) is 0 Å². The highest BCUT2D eigenvalue weighted by atomic mass is 19.4.